The van der Waals surface area contributed by atoms with Gasteiger partial charge in [-0.25, -0.2) is 8.42 Å². The molecule has 19 heavy (non-hydrogen) atoms. The highest BCUT2D eigenvalue weighted by molar-refractivity contribution is 7.88. The Hall–Kier alpha value is -1.11. The molecule has 1 heterocycles. The Morgan fingerprint density at radius 2 is 2.05 bits per heavy atom. The van der Waals surface area contributed by atoms with Crippen molar-refractivity contribution in [3.63, 3.8) is 0 Å². The predicted molar refractivity (Wildman–Crippen MR) is 74.9 cm³/mol. The van der Waals surface area contributed by atoms with Crippen LogP contribution < -0.4 is 5.73 Å². The van der Waals surface area contributed by atoms with Crippen LogP contribution in [0.3, 0.4) is 0 Å². The lowest BCUT2D eigenvalue weighted by molar-refractivity contribution is 0.155. The van der Waals surface area contributed by atoms with Crippen molar-refractivity contribution < 1.29 is 13.5 Å². The average molecular weight is 284 g/mol. The van der Waals surface area contributed by atoms with Crippen molar-refractivity contribution in [1.82, 2.24) is 4.31 Å². The summed E-state index contributed by atoms with van der Waals surface area (Å²) in [5, 5.41) is 9.31. The minimum absolute atomic E-state index is 0.101. The zero-order valence-corrected chi connectivity index (χ0v) is 11.6. The molecule has 0 bridgehead atoms. The lowest BCUT2D eigenvalue weighted by Gasteiger charge is -2.33. The molecular weight excluding hydrogens is 264 g/mol. The minimum Gasteiger partial charge on any atom is -0.398 e. The Kier molecular flexibility index (Phi) is 4.44. The summed E-state index contributed by atoms with van der Waals surface area (Å²) in [7, 11) is -3.43. The molecule has 1 aromatic rings. The molecule has 0 aliphatic carbocycles. The van der Waals surface area contributed by atoms with E-state index in [2.05, 4.69) is 0 Å². The molecule has 0 aromatic heterocycles. The summed E-state index contributed by atoms with van der Waals surface area (Å²) in [6.45, 7) is 0.365. The van der Waals surface area contributed by atoms with Gasteiger partial charge in [-0.15, -0.1) is 0 Å². The summed E-state index contributed by atoms with van der Waals surface area (Å²) in [6.07, 6.45) is 2.53. The van der Waals surface area contributed by atoms with Crippen molar-refractivity contribution in [2.45, 2.75) is 31.1 Å². The first-order chi connectivity index (χ1) is 9.04. The zero-order chi connectivity index (χ0) is 13.9. The van der Waals surface area contributed by atoms with Crippen LogP contribution >= 0.6 is 0 Å². The van der Waals surface area contributed by atoms with Gasteiger partial charge in [-0.2, -0.15) is 4.31 Å². The van der Waals surface area contributed by atoms with E-state index in [0.717, 1.165) is 19.3 Å². The second-order valence-corrected chi connectivity index (χ2v) is 6.82. The van der Waals surface area contributed by atoms with Crippen molar-refractivity contribution in [2.24, 2.45) is 0 Å². The molecule has 0 radical (unpaired) electrons. The average Bonchev–Trinajstić information content (AvgIpc) is 2.41. The molecule has 0 spiro atoms. The molecule has 1 saturated heterocycles. The van der Waals surface area contributed by atoms with Gasteiger partial charge in [-0.05, 0) is 24.5 Å². The molecule has 1 unspecified atom stereocenters. The van der Waals surface area contributed by atoms with E-state index in [9.17, 15) is 13.5 Å². The van der Waals surface area contributed by atoms with Crippen LogP contribution in [0.2, 0.25) is 0 Å². The van der Waals surface area contributed by atoms with Gasteiger partial charge in [0.1, 0.15) is 0 Å². The van der Waals surface area contributed by atoms with E-state index in [4.69, 9.17) is 5.73 Å². The minimum atomic E-state index is -3.43. The van der Waals surface area contributed by atoms with Crippen LogP contribution in [0.15, 0.2) is 24.3 Å². The van der Waals surface area contributed by atoms with E-state index >= 15 is 0 Å². The lowest BCUT2D eigenvalue weighted by atomic mass is 10.1. The van der Waals surface area contributed by atoms with Crippen molar-refractivity contribution in [3.8, 4) is 0 Å². The molecule has 2 rings (SSSR count). The Bertz CT molecular complexity index is 530. The van der Waals surface area contributed by atoms with Gasteiger partial charge < -0.3 is 10.8 Å². The number of nitrogens with zero attached hydrogens (tertiary/aromatic N) is 1. The first-order valence-electron chi connectivity index (χ1n) is 6.48. The molecule has 1 aromatic carbocycles. The Labute approximate surface area is 114 Å². The Morgan fingerprint density at radius 3 is 2.74 bits per heavy atom. The number of piperidine rings is 1. The number of aliphatic hydroxyl groups is 1. The molecular formula is C13H20N2O3S. The summed E-state index contributed by atoms with van der Waals surface area (Å²) in [6, 6.07) is 6.70. The monoisotopic (exact) mass is 284 g/mol. The molecule has 1 fully saturated rings. The summed E-state index contributed by atoms with van der Waals surface area (Å²) in [4.78, 5) is 0. The van der Waals surface area contributed by atoms with Crippen LogP contribution in [-0.2, 0) is 15.8 Å². The molecule has 1 aliphatic rings. The number of hydrogen-bond donors (Lipinski definition) is 2. The van der Waals surface area contributed by atoms with Gasteiger partial charge in [-0.1, -0.05) is 24.6 Å². The molecule has 106 valence electrons. The largest absolute Gasteiger partial charge is 0.398 e. The Morgan fingerprint density at radius 1 is 1.32 bits per heavy atom. The predicted octanol–water partition coefficient (Wildman–Crippen LogP) is 0.945. The zero-order valence-electron chi connectivity index (χ0n) is 10.8. The third-order valence-corrected chi connectivity index (χ3v) is 5.41. The fourth-order valence-corrected chi connectivity index (χ4v) is 4.32. The summed E-state index contributed by atoms with van der Waals surface area (Å²) >= 11 is 0. The number of hydrogen-bond acceptors (Lipinski definition) is 4. The van der Waals surface area contributed by atoms with E-state index in [1.807, 2.05) is 0 Å². The number of nitrogens with two attached hydrogens (primary N) is 1. The summed E-state index contributed by atoms with van der Waals surface area (Å²) < 4.78 is 26.3. The van der Waals surface area contributed by atoms with Gasteiger partial charge >= 0.3 is 0 Å². The van der Waals surface area contributed by atoms with Crippen molar-refractivity contribution in [1.29, 1.82) is 0 Å². The highest BCUT2D eigenvalue weighted by atomic mass is 32.2. The number of para-hydroxylation sites is 1. The molecule has 0 saturated carbocycles. The van der Waals surface area contributed by atoms with Crippen LogP contribution in [0.1, 0.15) is 24.8 Å². The number of sulfonamides is 1. The van der Waals surface area contributed by atoms with Crippen LogP contribution in [-0.4, -0.2) is 37.0 Å². The number of rotatable bonds is 4. The summed E-state index contributed by atoms with van der Waals surface area (Å²) in [5.41, 5.74) is 6.90. The molecule has 1 atom stereocenters. The second kappa shape index (κ2) is 5.90. The molecule has 6 heteroatoms. The van der Waals surface area contributed by atoms with Crippen LogP contribution in [0.5, 0.6) is 0 Å². The van der Waals surface area contributed by atoms with Crippen molar-refractivity contribution in [2.75, 3.05) is 18.9 Å². The van der Waals surface area contributed by atoms with Gasteiger partial charge in [0.2, 0.25) is 10.0 Å². The molecule has 3 N–H and O–H groups in total. The SMILES string of the molecule is Nc1ccccc1CS(=O)(=O)N1CCCCC1CO. The van der Waals surface area contributed by atoms with Gasteiger partial charge in [0.15, 0.2) is 0 Å². The standard InChI is InChI=1S/C13H20N2O3S/c14-13-7-2-1-5-11(13)10-19(17,18)15-8-4-3-6-12(15)9-16/h1-2,5,7,12,16H,3-4,6,8-10,14H2. The quantitative estimate of drug-likeness (QED) is 0.806. The van der Waals surface area contributed by atoms with Gasteiger partial charge in [0.05, 0.1) is 12.4 Å². The molecule has 1 aliphatic heterocycles. The van der Waals surface area contributed by atoms with Gasteiger partial charge in [0.25, 0.3) is 0 Å². The third-order valence-electron chi connectivity index (χ3n) is 3.53. The van der Waals surface area contributed by atoms with Crippen LogP contribution in [0.4, 0.5) is 5.69 Å². The van der Waals surface area contributed by atoms with E-state index in [1.54, 1.807) is 24.3 Å². The van der Waals surface area contributed by atoms with Crippen LogP contribution in [0.25, 0.3) is 0 Å². The van der Waals surface area contributed by atoms with E-state index in [1.165, 1.54) is 4.31 Å². The van der Waals surface area contributed by atoms with Crippen molar-refractivity contribution >= 4 is 15.7 Å². The normalized spacial score (nSPS) is 21.4. The number of benzene rings is 1. The number of aliphatic hydroxyl groups excluding tert-OH is 1. The summed E-state index contributed by atoms with van der Waals surface area (Å²) in [5.74, 6) is -0.101. The topological polar surface area (TPSA) is 83.6 Å². The van der Waals surface area contributed by atoms with Gasteiger partial charge in [0, 0.05) is 18.3 Å². The van der Waals surface area contributed by atoms with Gasteiger partial charge in [-0.3, -0.25) is 0 Å². The highest BCUT2D eigenvalue weighted by Gasteiger charge is 2.32. The maximum absolute atomic E-state index is 12.4. The van der Waals surface area contributed by atoms with E-state index in [-0.39, 0.29) is 18.4 Å². The number of anilines is 1. The maximum Gasteiger partial charge on any atom is 0.218 e. The molecule has 5 nitrogen and oxygen atoms in total. The fourth-order valence-electron chi connectivity index (χ4n) is 2.47. The second-order valence-electron chi connectivity index (χ2n) is 4.90. The number of nitrogen functional groups attached to an aromatic ring is 1. The highest BCUT2D eigenvalue weighted by Crippen LogP contribution is 2.24. The first kappa shape index (κ1) is 14.3. The first-order valence-corrected chi connectivity index (χ1v) is 8.09. The Balaban J connectivity index is 2.20. The third kappa shape index (κ3) is 3.26. The maximum atomic E-state index is 12.4. The fraction of sp³-hybridized carbons (Fsp3) is 0.538. The lowest BCUT2D eigenvalue weighted by Crippen LogP contribution is -2.46. The van der Waals surface area contributed by atoms with Crippen molar-refractivity contribution in [3.05, 3.63) is 29.8 Å². The molecule has 0 amide bonds. The smallest absolute Gasteiger partial charge is 0.218 e. The van der Waals surface area contributed by atoms with E-state index < -0.39 is 10.0 Å². The van der Waals surface area contributed by atoms with E-state index in [0.29, 0.717) is 17.8 Å². The van der Waals surface area contributed by atoms with Crippen LogP contribution in [0, 0.1) is 0 Å².